The number of hydrogen-bond donors (Lipinski definition) is 1. The fourth-order valence-electron chi connectivity index (χ4n) is 0.932. The van der Waals surface area contributed by atoms with Crippen molar-refractivity contribution in [2.75, 3.05) is 12.4 Å². The molecule has 88 valence electrons. The van der Waals surface area contributed by atoms with Crippen LogP contribution in [0.5, 0.6) is 0 Å². The maximum absolute atomic E-state index is 10.8. The molecule has 0 bridgehead atoms. The van der Waals surface area contributed by atoms with E-state index >= 15 is 0 Å². The molecule has 16 heavy (non-hydrogen) atoms. The molecule has 1 unspecified atom stereocenters. The van der Waals surface area contributed by atoms with Gasteiger partial charge in [0.15, 0.2) is 5.03 Å². The minimum absolute atomic E-state index is 0.00971. The summed E-state index contributed by atoms with van der Waals surface area (Å²) in [4.78, 5) is 14.3. The van der Waals surface area contributed by atoms with Crippen LogP contribution in [-0.4, -0.2) is 27.4 Å². The molecule has 7 heteroatoms. The monoisotopic (exact) mass is 306 g/mol. The quantitative estimate of drug-likeness (QED) is 0.514. The van der Waals surface area contributed by atoms with Gasteiger partial charge < -0.3 is 5.11 Å². The second kappa shape index (κ2) is 6.17. The van der Waals surface area contributed by atoms with Gasteiger partial charge in [-0.2, -0.15) is 0 Å². The molecular formula is C9H11BrN2O3S. The highest BCUT2D eigenvalue weighted by atomic mass is 79.9. The standard InChI is InChI=1S/C9H11BrN2O3S/c1-6(4-13)5-16-9-8(12(14)15)2-7(10)3-11-9/h2-3,6,13H,4-5H2,1H3. The van der Waals surface area contributed by atoms with E-state index < -0.39 is 4.92 Å². The predicted octanol–water partition coefficient (Wildman–Crippen LogP) is 2.47. The van der Waals surface area contributed by atoms with Gasteiger partial charge in [-0.15, -0.1) is 0 Å². The van der Waals surface area contributed by atoms with Crippen molar-refractivity contribution >= 4 is 33.4 Å². The molecule has 1 heterocycles. The molecule has 0 saturated heterocycles. The minimum atomic E-state index is -0.455. The van der Waals surface area contributed by atoms with Gasteiger partial charge in [0.2, 0.25) is 0 Å². The third kappa shape index (κ3) is 3.73. The number of thioether (sulfide) groups is 1. The van der Waals surface area contributed by atoms with E-state index in [0.29, 0.717) is 15.3 Å². The van der Waals surface area contributed by atoms with Crippen molar-refractivity contribution in [1.82, 2.24) is 4.98 Å². The van der Waals surface area contributed by atoms with Crippen molar-refractivity contribution in [3.63, 3.8) is 0 Å². The number of pyridine rings is 1. The van der Waals surface area contributed by atoms with E-state index in [-0.39, 0.29) is 18.2 Å². The SMILES string of the molecule is CC(CO)CSc1ncc(Br)cc1[N+](=O)[O-]. The number of aromatic nitrogens is 1. The summed E-state index contributed by atoms with van der Waals surface area (Å²) in [7, 11) is 0. The van der Waals surface area contributed by atoms with Crippen LogP contribution >= 0.6 is 27.7 Å². The summed E-state index contributed by atoms with van der Waals surface area (Å²) in [5.74, 6) is 0.696. The molecule has 1 N–H and O–H groups in total. The smallest absolute Gasteiger partial charge is 0.302 e. The van der Waals surface area contributed by atoms with E-state index in [1.807, 2.05) is 6.92 Å². The maximum Gasteiger partial charge on any atom is 0.302 e. The molecule has 0 aromatic carbocycles. The topological polar surface area (TPSA) is 76.3 Å². The number of aliphatic hydroxyl groups is 1. The zero-order chi connectivity index (χ0) is 12.1. The largest absolute Gasteiger partial charge is 0.396 e. The highest BCUT2D eigenvalue weighted by Gasteiger charge is 2.17. The number of aliphatic hydroxyl groups excluding tert-OH is 1. The number of halogens is 1. The van der Waals surface area contributed by atoms with Crippen LogP contribution in [-0.2, 0) is 0 Å². The summed E-state index contributed by atoms with van der Waals surface area (Å²) in [5.41, 5.74) is -0.00971. The maximum atomic E-state index is 10.8. The Balaban J connectivity index is 2.82. The first-order chi connectivity index (χ1) is 7.54. The highest BCUT2D eigenvalue weighted by Crippen LogP contribution is 2.30. The lowest BCUT2D eigenvalue weighted by Crippen LogP contribution is -2.04. The Hall–Kier alpha value is -0.660. The van der Waals surface area contributed by atoms with Crippen LogP contribution in [0.25, 0.3) is 0 Å². The molecule has 0 aliphatic rings. The van der Waals surface area contributed by atoms with E-state index in [1.165, 1.54) is 24.0 Å². The lowest BCUT2D eigenvalue weighted by molar-refractivity contribution is -0.388. The first kappa shape index (κ1) is 13.4. The van der Waals surface area contributed by atoms with E-state index in [0.717, 1.165) is 0 Å². The molecular weight excluding hydrogens is 296 g/mol. The third-order valence-corrected chi connectivity index (χ3v) is 3.57. The predicted molar refractivity (Wildman–Crippen MR) is 65.6 cm³/mol. The van der Waals surface area contributed by atoms with Crippen LogP contribution in [0.3, 0.4) is 0 Å². The van der Waals surface area contributed by atoms with Gasteiger partial charge >= 0.3 is 5.69 Å². The fourth-order valence-corrected chi connectivity index (χ4v) is 2.21. The van der Waals surface area contributed by atoms with Gasteiger partial charge in [-0.25, -0.2) is 4.98 Å². The van der Waals surface area contributed by atoms with E-state index in [1.54, 1.807) is 0 Å². The first-order valence-electron chi connectivity index (χ1n) is 4.58. The van der Waals surface area contributed by atoms with Gasteiger partial charge in [0.05, 0.1) is 4.92 Å². The Morgan fingerprint density at radius 2 is 2.44 bits per heavy atom. The summed E-state index contributed by atoms with van der Waals surface area (Å²) < 4.78 is 0.582. The van der Waals surface area contributed by atoms with Crippen molar-refractivity contribution in [2.45, 2.75) is 11.9 Å². The van der Waals surface area contributed by atoms with Crippen molar-refractivity contribution in [2.24, 2.45) is 5.92 Å². The molecule has 1 rings (SSSR count). The lowest BCUT2D eigenvalue weighted by Gasteiger charge is -2.06. The van der Waals surface area contributed by atoms with Gasteiger partial charge in [-0.1, -0.05) is 18.7 Å². The number of nitrogens with zero attached hydrogens (tertiary/aromatic N) is 2. The minimum Gasteiger partial charge on any atom is -0.396 e. The van der Waals surface area contributed by atoms with Gasteiger partial charge in [-0.3, -0.25) is 10.1 Å². The third-order valence-electron chi connectivity index (χ3n) is 1.81. The second-order valence-corrected chi connectivity index (χ2v) is 5.26. The molecule has 0 aliphatic carbocycles. The second-order valence-electron chi connectivity index (χ2n) is 3.33. The summed E-state index contributed by atoms with van der Waals surface area (Å²) >= 11 is 4.43. The summed E-state index contributed by atoms with van der Waals surface area (Å²) in [6.45, 7) is 1.94. The normalized spacial score (nSPS) is 12.4. The van der Waals surface area contributed by atoms with Crippen molar-refractivity contribution < 1.29 is 10.0 Å². The molecule has 1 aromatic heterocycles. The number of rotatable bonds is 5. The van der Waals surface area contributed by atoms with Crippen molar-refractivity contribution in [1.29, 1.82) is 0 Å². The number of nitro groups is 1. The molecule has 0 aliphatic heterocycles. The Kier molecular flexibility index (Phi) is 5.17. The zero-order valence-electron chi connectivity index (χ0n) is 8.59. The Morgan fingerprint density at radius 3 is 3.00 bits per heavy atom. The summed E-state index contributed by atoms with van der Waals surface area (Å²) in [5, 5.41) is 20.0. The van der Waals surface area contributed by atoms with Crippen LogP contribution in [0.15, 0.2) is 21.8 Å². The van der Waals surface area contributed by atoms with Crippen LogP contribution in [0.4, 0.5) is 5.69 Å². The van der Waals surface area contributed by atoms with Crippen LogP contribution in [0.1, 0.15) is 6.92 Å². The molecule has 1 aromatic rings. The van der Waals surface area contributed by atoms with Crippen molar-refractivity contribution in [3.05, 3.63) is 26.9 Å². The highest BCUT2D eigenvalue weighted by molar-refractivity contribution is 9.10. The fraction of sp³-hybridized carbons (Fsp3) is 0.444. The van der Waals surface area contributed by atoms with Gasteiger partial charge in [0, 0.05) is 29.1 Å². The van der Waals surface area contributed by atoms with E-state index in [9.17, 15) is 10.1 Å². The Labute approximate surface area is 106 Å². The molecule has 0 saturated carbocycles. The van der Waals surface area contributed by atoms with Crippen LogP contribution < -0.4 is 0 Å². The van der Waals surface area contributed by atoms with Gasteiger partial charge in [0.1, 0.15) is 0 Å². The first-order valence-corrected chi connectivity index (χ1v) is 6.36. The van der Waals surface area contributed by atoms with Gasteiger partial charge in [-0.05, 0) is 21.8 Å². The van der Waals surface area contributed by atoms with Crippen LogP contribution in [0.2, 0.25) is 0 Å². The van der Waals surface area contributed by atoms with Crippen LogP contribution in [0, 0.1) is 16.0 Å². The molecule has 0 spiro atoms. The van der Waals surface area contributed by atoms with E-state index in [2.05, 4.69) is 20.9 Å². The zero-order valence-corrected chi connectivity index (χ0v) is 11.0. The summed E-state index contributed by atoms with van der Waals surface area (Å²) in [6.07, 6.45) is 1.53. The average molecular weight is 307 g/mol. The lowest BCUT2D eigenvalue weighted by atomic mass is 10.2. The van der Waals surface area contributed by atoms with Gasteiger partial charge in [0.25, 0.3) is 0 Å². The molecule has 0 radical (unpaired) electrons. The summed E-state index contributed by atoms with van der Waals surface area (Å²) in [6, 6.07) is 1.43. The Bertz CT molecular complexity index is 389. The molecule has 0 fully saturated rings. The molecule has 5 nitrogen and oxygen atoms in total. The molecule has 1 atom stereocenters. The Morgan fingerprint density at radius 1 is 1.75 bits per heavy atom. The number of hydrogen-bond acceptors (Lipinski definition) is 5. The average Bonchev–Trinajstić information content (AvgIpc) is 2.26. The molecule has 0 amide bonds. The van der Waals surface area contributed by atoms with E-state index in [4.69, 9.17) is 5.11 Å². The van der Waals surface area contributed by atoms with Crippen molar-refractivity contribution in [3.8, 4) is 0 Å².